The van der Waals surface area contributed by atoms with E-state index in [4.69, 9.17) is 56.1 Å². The maximum atomic E-state index is 14.1. The van der Waals surface area contributed by atoms with E-state index in [1.807, 2.05) is 26.0 Å². The minimum atomic E-state index is -0.946. The van der Waals surface area contributed by atoms with E-state index in [0.29, 0.717) is 37.8 Å². The lowest BCUT2D eigenvalue weighted by molar-refractivity contribution is -0.122. The number of benzene rings is 4. The van der Waals surface area contributed by atoms with Crippen LogP contribution >= 0.6 is 58.2 Å². The molecular weight excluding hydrogens is 716 g/mol. The highest BCUT2D eigenvalue weighted by Crippen LogP contribution is 2.41. The second-order valence-electron chi connectivity index (χ2n) is 10.9. The summed E-state index contributed by atoms with van der Waals surface area (Å²) in [4.78, 5) is 44.5. The number of nitrogens with one attached hydrogen (secondary N) is 3. The number of aliphatic imine (C=N–C) groups is 1. The summed E-state index contributed by atoms with van der Waals surface area (Å²) in [5.74, 6) is -0.524. The zero-order chi connectivity index (χ0) is 34.7. The largest absolute Gasteiger partial charge is 0.479 e. The van der Waals surface area contributed by atoms with Crippen LogP contribution in [0.1, 0.15) is 25.0 Å². The monoisotopic (exact) mass is 743 g/mol. The summed E-state index contributed by atoms with van der Waals surface area (Å²) in [6.45, 7) is 6.78. The number of halogens is 4. The smallest absolute Gasteiger partial charge is 0.267 e. The molecule has 9 nitrogen and oxygen atoms in total. The molecule has 3 amide bonds. The van der Waals surface area contributed by atoms with Crippen molar-refractivity contribution in [3.63, 3.8) is 0 Å². The molecule has 5 rings (SSSR count). The summed E-state index contributed by atoms with van der Waals surface area (Å²) in [5.41, 5.74) is 6.45. The molecule has 248 valence electrons. The highest BCUT2D eigenvalue weighted by atomic mass is 35.5. The molecule has 48 heavy (non-hydrogen) atoms. The first-order chi connectivity index (χ1) is 22.8. The lowest BCUT2D eigenvalue weighted by Gasteiger charge is -2.19. The molecule has 1 aliphatic rings. The molecule has 0 spiro atoms. The first-order valence-electron chi connectivity index (χ1n) is 14.5. The van der Waals surface area contributed by atoms with Crippen LogP contribution < -0.4 is 25.8 Å². The Labute approximate surface area is 301 Å². The number of anilines is 3. The van der Waals surface area contributed by atoms with Gasteiger partial charge in [-0.05, 0) is 80.4 Å². The molecule has 1 heterocycles. The zero-order valence-electron chi connectivity index (χ0n) is 26.0. The molecule has 0 radical (unpaired) electrons. The van der Waals surface area contributed by atoms with Gasteiger partial charge >= 0.3 is 0 Å². The lowest BCUT2D eigenvalue weighted by atomic mass is 10.2. The minimum Gasteiger partial charge on any atom is -0.479 e. The number of hydrazine groups is 1. The fourth-order valence-corrected chi connectivity index (χ4v) is 6.94. The van der Waals surface area contributed by atoms with E-state index in [0.717, 1.165) is 22.9 Å². The van der Waals surface area contributed by atoms with Crippen molar-refractivity contribution in [2.24, 2.45) is 4.99 Å². The number of aryl methyl sites for hydroxylation is 2. The fourth-order valence-electron chi connectivity index (χ4n) is 4.72. The van der Waals surface area contributed by atoms with Gasteiger partial charge in [-0.1, -0.05) is 70.7 Å². The number of carbonyl (C=O) groups excluding carboxylic acids is 3. The maximum Gasteiger partial charge on any atom is 0.267 e. The molecule has 14 heteroatoms. The molecule has 0 bridgehead atoms. The Morgan fingerprint density at radius 3 is 2.27 bits per heavy atom. The summed E-state index contributed by atoms with van der Waals surface area (Å²) in [7, 11) is 0. The molecular formula is C34H29Cl4N5O4S. The van der Waals surface area contributed by atoms with E-state index in [1.165, 1.54) is 24.1 Å². The van der Waals surface area contributed by atoms with Crippen molar-refractivity contribution in [3.05, 3.63) is 104 Å². The van der Waals surface area contributed by atoms with Crippen molar-refractivity contribution in [3.8, 4) is 5.75 Å². The van der Waals surface area contributed by atoms with Crippen molar-refractivity contribution in [1.29, 1.82) is 0 Å². The summed E-state index contributed by atoms with van der Waals surface area (Å²) in [6, 6.07) is 20.7. The number of carbonyl (C=O) groups is 3. The second kappa shape index (κ2) is 15.1. The van der Waals surface area contributed by atoms with Gasteiger partial charge in [-0.15, -0.1) is 11.8 Å². The molecule has 1 aliphatic heterocycles. The molecule has 3 N–H and O–H groups in total. The third-order valence-electron chi connectivity index (χ3n) is 6.98. The first-order valence-corrected chi connectivity index (χ1v) is 16.9. The molecule has 2 atom stereocenters. The van der Waals surface area contributed by atoms with E-state index >= 15 is 0 Å². The van der Waals surface area contributed by atoms with Crippen LogP contribution in [0.4, 0.5) is 22.7 Å². The van der Waals surface area contributed by atoms with Gasteiger partial charge in [0.25, 0.3) is 11.8 Å². The van der Waals surface area contributed by atoms with Crippen molar-refractivity contribution in [2.45, 2.75) is 43.9 Å². The van der Waals surface area contributed by atoms with Gasteiger partial charge in [0.15, 0.2) is 6.10 Å². The predicted octanol–water partition coefficient (Wildman–Crippen LogP) is 9.02. The molecule has 4 aromatic rings. The Kier molecular flexibility index (Phi) is 11.1. The molecule has 1 fully saturated rings. The van der Waals surface area contributed by atoms with Crippen molar-refractivity contribution in [2.75, 3.05) is 15.6 Å². The SMILES string of the molecule is CC(=O)Nc1cc(C)ccc1OC(C)C(=O)Nc1ccccc1SC1C(=O)N(c2c(Cl)cc(Cl)cc2Cl)NC1=Nc1cc(C)ccc1Cl. The van der Waals surface area contributed by atoms with Crippen LogP contribution in [0.25, 0.3) is 0 Å². The molecule has 0 saturated carbocycles. The van der Waals surface area contributed by atoms with Crippen LogP contribution in [0.2, 0.25) is 20.1 Å². The van der Waals surface area contributed by atoms with Gasteiger partial charge in [0.1, 0.15) is 22.5 Å². The number of amides is 3. The molecule has 0 aliphatic carbocycles. The number of ether oxygens (including phenoxy) is 1. The van der Waals surface area contributed by atoms with Gasteiger partial charge in [-0.25, -0.2) is 10.0 Å². The summed E-state index contributed by atoms with van der Waals surface area (Å²) in [6.07, 6.45) is -0.946. The summed E-state index contributed by atoms with van der Waals surface area (Å²) >= 11 is 26.8. The van der Waals surface area contributed by atoms with Gasteiger partial charge in [0.2, 0.25) is 5.91 Å². The third-order valence-corrected chi connectivity index (χ3v) is 9.36. The van der Waals surface area contributed by atoms with Crippen LogP contribution in [-0.2, 0) is 14.4 Å². The van der Waals surface area contributed by atoms with Gasteiger partial charge in [0.05, 0.1) is 32.1 Å². The minimum absolute atomic E-state index is 0.156. The van der Waals surface area contributed by atoms with E-state index < -0.39 is 23.2 Å². The van der Waals surface area contributed by atoms with Gasteiger partial charge in [-0.2, -0.15) is 0 Å². The standard InChI is InChI=1S/C34H29Cl4N5O4S/c1-17-9-11-22(36)26(13-17)40-32-31(34(46)43(42-32)30-23(37)15-21(35)16-24(30)38)48-29-8-6-5-7-25(29)41-33(45)19(3)47-28-12-10-18(2)14-27(28)39-20(4)44/h5-16,19,31H,1-4H3,(H,39,44)(H,40,42)(H,41,45). The highest BCUT2D eigenvalue weighted by molar-refractivity contribution is 8.01. The van der Waals surface area contributed by atoms with Crippen molar-refractivity contribution < 1.29 is 19.1 Å². The Morgan fingerprint density at radius 1 is 0.896 bits per heavy atom. The van der Waals surface area contributed by atoms with Gasteiger partial charge in [-0.3, -0.25) is 19.8 Å². The third kappa shape index (κ3) is 8.19. The molecule has 4 aromatic carbocycles. The number of amidine groups is 1. The van der Waals surface area contributed by atoms with E-state index in [9.17, 15) is 14.4 Å². The van der Waals surface area contributed by atoms with Gasteiger partial charge in [0, 0.05) is 16.8 Å². The van der Waals surface area contributed by atoms with E-state index in [2.05, 4.69) is 16.1 Å². The fraction of sp³-hybridized carbons (Fsp3) is 0.176. The summed E-state index contributed by atoms with van der Waals surface area (Å²) < 4.78 is 5.95. The predicted molar refractivity (Wildman–Crippen MR) is 196 cm³/mol. The van der Waals surface area contributed by atoms with Crippen molar-refractivity contribution >= 4 is 104 Å². The molecule has 0 aromatic heterocycles. The number of hydrogen-bond acceptors (Lipinski definition) is 6. The average molecular weight is 746 g/mol. The van der Waals surface area contributed by atoms with Gasteiger partial charge < -0.3 is 15.4 Å². The van der Waals surface area contributed by atoms with Crippen LogP contribution in [0, 0.1) is 13.8 Å². The summed E-state index contributed by atoms with van der Waals surface area (Å²) in [5, 5.41) is 6.95. The van der Waals surface area contributed by atoms with E-state index in [-0.39, 0.29) is 27.5 Å². The number of thioether (sulfide) groups is 1. The topological polar surface area (TPSA) is 112 Å². The number of nitrogens with zero attached hydrogens (tertiary/aromatic N) is 2. The Morgan fingerprint density at radius 2 is 1.56 bits per heavy atom. The molecule has 2 unspecified atom stereocenters. The van der Waals surface area contributed by atoms with E-state index in [1.54, 1.807) is 55.5 Å². The second-order valence-corrected chi connectivity index (χ2v) is 13.7. The number of rotatable bonds is 9. The maximum absolute atomic E-state index is 14.1. The normalized spacial score (nSPS) is 15.7. The number of para-hydroxylation sites is 1. The molecule has 1 saturated heterocycles. The highest BCUT2D eigenvalue weighted by Gasteiger charge is 2.41. The zero-order valence-corrected chi connectivity index (χ0v) is 29.9. The lowest BCUT2D eigenvalue weighted by Crippen LogP contribution is -2.36. The van der Waals surface area contributed by atoms with Crippen LogP contribution in [0.3, 0.4) is 0 Å². The quantitative estimate of drug-likeness (QED) is 0.158. The van der Waals surface area contributed by atoms with Crippen molar-refractivity contribution in [1.82, 2.24) is 5.43 Å². The first kappa shape index (κ1) is 35.4. The number of hydrogen-bond donors (Lipinski definition) is 3. The van der Waals surface area contributed by atoms with Crippen LogP contribution in [0.5, 0.6) is 5.75 Å². The Bertz CT molecular complexity index is 1930. The van der Waals surface area contributed by atoms with Crippen LogP contribution in [0.15, 0.2) is 82.7 Å². The van der Waals surface area contributed by atoms with Crippen LogP contribution in [-0.4, -0.2) is 34.9 Å². The average Bonchev–Trinajstić information content (AvgIpc) is 3.30. The Hall–Kier alpha value is -3.93. The Balaban J connectivity index is 1.44.